The Labute approximate surface area is 153 Å². The molecule has 0 aliphatic rings. The molecule has 6 nitrogen and oxygen atoms in total. The second-order valence-corrected chi connectivity index (χ2v) is 6.97. The summed E-state index contributed by atoms with van der Waals surface area (Å²) in [6.45, 7) is 6.52. The Morgan fingerprint density at radius 2 is 1.76 bits per heavy atom. The molecular weight excluding hydrogens is 342 g/mol. The van der Waals surface area contributed by atoms with E-state index < -0.39 is 17.7 Å². The number of alkyl carbamates (subject to hydrolysis) is 1. The fraction of sp³-hybridized carbons (Fsp3) is 0.500. The number of nitrogens with one attached hydrogen (secondary N) is 1. The Morgan fingerprint density at radius 3 is 2.24 bits per heavy atom. The molecule has 1 aromatic rings. The van der Waals surface area contributed by atoms with Crippen molar-refractivity contribution in [1.82, 2.24) is 5.32 Å². The standard InChI is InChI=1S/C18H25NO5S/c1-12(20)16(19-17(22)23-18(2,3)4)11-14(21)8-5-13-6-9-15(24-25)10-7-13/h6-7,9-10,16,25H,5,8,11H2,1-4H3,(H,19,22). The van der Waals surface area contributed by atoms with Gasteiger partial charge in [0.05, 0.1) is 6.04 Å². The lowest BCUT2D eigenvalue weighted by Gasteiger charge is -2.22. The van der Waals surface area contributed by atoms with Crippen molar-refractivity contribution in [3.05, 3.63) is 29.8 Å². The highest BCUT2D eigenvalue weighted by atomic mass is 32.1. The van der Waals surface area contributed by atoms with Gasteiger partial charge in [-0.25, -0.2) is 4.79 Å². The summed E-state index contributed by atoms with van der Waals surface area (Å²) in [5.74, 6) is 0.233. The minimum Gasteiger partial charge on any atom is -0.444 e. The van der Waals surface area contributed by atoms with Crippen LogP contribution in [0.25, 0.3) is 0 Å². The van der Waals surface area contributed by atoms with E-state index in [1.807, 2.05) is 12.1 Å². The first-order valence-corrected chi connectivity index (χ1v) is 8.39. The highest BCUT2D eigenvalue weighted by Gasteiger charge is 2.24. The average molecular weight is 367 g/mol. The number of hydrogen-bond donors (Lipinski definition) is 2. The first-order valence-electron chi connectivity index (χ1n) is 8.02. The molecule has 0 bridgehead atoms. The molecule has 138 valence electrons. The Morgan fingerprint density at radius 1 is 1.16 bits per heavy atom. The summed E-state index contributed by atoms with van der Waals surface area (Å²) in [6.07, 6.45) is 0.0681. The van der Waals surface area contributed by atoms with Crippen LogP contribution >= 0.6 is 12.9 Å². The third kappa shape index (κ3) is 8.58. The zero-order valence-electron chi connectivity index (χ0n) is 15.0. The number of aryl methyl sites for hydroxylation is 1. The van der Waals surface area contributed by atoms with Crippen molar-refractivity contribution in [2.24, 2.45) is 0 Å². The van der Waals surface area contributed by atoms with E-state index in [2.05, 4.69) is 18.2 Å². The summed E-state index contributed by atoms with van der Waals surface area (Å²) in [5, 5.41) is 2.46. The number of carbonyl (C=O) groups excluding carboxylic acids is 3. The van der Waals surface area contributed by atoms with Crippen LogP contribution in [0.1, 0.15) is 46.1 Å². The van der Waals surface area contributed by atoms with E-state index in [4.69, 9.17) is 8.92 Å². The molecule has 1 unspecified atom stereocenters. The smallest absolute Gasteiger partial charge is 0.408 e. The monoisotopic (exact) mass is 367 g/mol. The maximum atomic E-state index is 12.1. The molecule has 0 spiro atoms. The topological polar surface area (TPSA) is 81.7 Å². The highest BCUT2D eigenvalue weighted by molar-refractivity contribution is 7.75. The summed E-state index contributed by atoms with van der Waals surface area (Å²) in [5.41, 5.74) is 0.306. The lowest BCUT2D eigenvalue weighted by Crippen LogP contribution is -2.43. The molecular formula is C18H25NO5S. The van der Waals surface area contributed by atoms with Crippen molar-refractivity contribution in [2.45, 2.75) is 58.6 Å². The van der Waals surface area contributed by atoms with E-state index in [1.165, 1.54) is 6.92 Å². The van der Waals surface area contributed by atoms with Crippen molar-refractivity contribution >= 4 is 30.6 Å². The molecule has 25 heavy (non-hydrogen) atoms. The molecule has 1 aromatic carbocycles. The van der Waals surface area contributed by atoms with Crippen molar-refractivity contribution in [3.8, 4) is 5.75 Å². The molecule has 1 N–H and O–H groups in total. The lowest BCUT2D eigenvalue weighted by atomic mass is 10.0. The van der Waals surface area contributed by atoms with Gasteiger partial charge in [-0.15, -0.1) is 0 Å². The number of rotatable bonds is 8. The van der Waals surface area contributed by atoms with Crippen LogP contribution in [-0.4, -0.2) is 29.3 Å². The number of ketones is 2. The SMILES string of the molecule is CC(=O)C(CC(=O)CCc1ccc(OS)cc1)NC(=O)OC(C)(C)C. The van der Waals surface area contributed by atoms with E-state index in [0.29, 0.717) is 12.2 Å². The quantitative estimate of drug-likeness (QED) is 0.544. The lowest BCUT2D eigenvalue weighted by molar-refractivity contribution is -0.125. The number of amides is 1. The molecule has 1 rings (SSSR count). The summed E-state index contributed by atoms with van der Waals surface area (Å²) in [7, 11) is 0. The van der Waals surface area contributed by atoms with Crippen LogP contribution in [0.4, 0.5) is 4.79 Å². The van der Waals surface area contributed by atoms with Gasteiger partial charge in [0.1, 0.15) is 17.1 Å². The minimum atomic E-state index is -0.873. The second-order valence-electron chi connectivity index (χ2n) is 6.79. The zero-order chi connectivity index (χ0) is 19.0. The summed E-state index contributed by atoms with van der Waals surface area (Å²) in [6, 6.07) is 6.34. The van der Waals surface area contributed by atoms with Crippen LogP contribution in [-0.2, 0) is 20.7 Å². The van der Waals surface area contributed by atoms with Crippen LogP contribution in [0.15, 0.2) is 24.3 Å². The van der Waals surface area contributed by atoms with E-state index in [1.54, 1.807) is 32.9 Å². The van der Waals surface area contributed by atoms with Gasteiger partial charge in [-0.1, -0.05) is 12.1 Å². The first-order chi connectivity index (χ1) is 11.6. The van der Waals surface area contributed by atoms with E-state index in [9.17, 15) is 14.4 Å². The van der Waals surface area contributed by atoms with Gasteiger partial charge < -0.3 is 14.2 Å². The Bertz CT molecular complexity index is 607. The van der Waals surface area contributed by atoms with Crippen molar-refractivity contribution in [1.29, 1.82) is 0 Å². The van der Waals surface area contributed by atoms with E-state index >= 15 is 0 Å². The fourth-order valence-electron chi connectivity index (χ4n) is 2.08. The largest absolute Gasteiger partial charge is 0.444 e. The predicted octanol–water partition coefficient (Wildman–Crippen LogP) is 3.28. The summed E-state index contributed by atoms with van der Waals surface area (Å²) < 4.78 is 9.90. The Hall–Kier alpha value is -2.02. The average Bonchev–Trinajstić information content (AvgIpc) is 2.51. The molecule has 1 amide bonds. The van der Waals surface area contributed by atoms with E-state index in [-0.39, 0.29) is 24.4 Å². The molecule has 0 heterocycles. The van der Waals surface area contributed by atoms with Crippen molar-refractivity contribution < 1.29 is 23.3 Å². The molecule has 0 saturated carbocycles. The van der Waals surface area contributed by atoms with Gasteiger partial charge >= 0.3 is 6.09 Å². The normalized spacial score (nSPS) is 12.2. The number of hydrogen-bond acceptors (Lipinski definition) is 6. The Kier molecular flexibility index (Phi) is 7.96. The van der Waals surface area contributed by atoms with Gasteiger partial charge in [0, 0.05) is 25.8 Å². The van der Waals surface area contributed by atoms with Crippen molar-refractivity contribution in [2.75, 3.05) is 0 Å². The molecule has 0 fully saturated rings. The third-order valence-corrected chi connectivity index (χ3v) is 3.55. The number of carbonyl (C=O) groups is 3. The van der Waals surface area contributed by atoms with E-state index in [0.717, 1.165) is 5.56 Å². The molecule has 0 aromatic heterocycles. The molecule has 0 aliphatic heterocycles. The summed E-state index contributed by atoms with van der Waals surface area (Å²) >= 11 is 3.71. The first kappa shape index (κ1) is 21.0. The molecule has 0 radical (unpaired) electrons. The molecule has 0 aliphatic carbocycles. The van der Waals surface area contributed by atoms with Crippen LogP contribution < -0.4 is 9.50 Å². The van der Waals surface area contributed by atoms with Gasteiger partial charge in [-0.05, 0) is 51.8 Å². The predicted molar refractivity (Wildman–Crippen MR) is 97.8 cm³/mol. The van der Waals surface area contributed by atoms with Gasteiger partial charge in [0.15, 0.2) is 5.78 Å². The highest BCUT2D eigenvalue weighted by Crippen LogP contribution is 2.15. The third-order valence-electron chi connectivity index (χ3n) is 3.33. The fourth-order valence-corrected chi connectivity index (χ4v) is 2.20. The molecule has 7 heteroatoms. The van der Waals surface area contributed by atoms with Crippen LogP contribution in [0.2, 0.25) is 0 Å². The second kappa shape index (κ2) is 9.46. The minimum absolute atomic E-state index is 0.0492. The molecule has 1 atom stereocenters. The van der Waals surface area contributed by atoms with Crippen molar-refractivity contribution in [3.63, 3.8) is 0 Å². The number of ether oxygens (including phenoxy) is 1. The Balaban J connectivity index is 2.52. The van der Waals surface area contributed by atoms with Gasteiger partial charge in [-0.3, -0.25) is 9.59 Å². The van der Waals surface area contributed by atoms with Crippen LogP contribution in [0.5, 0.6) is 5.75 Å². The number of thiol groups is 1. The number of benzene rings is 1. The maximum Gasteiger partial charge on any atom is 0.408 e. The van der Waals surface area contributed by atoms with Gasteiger partial charge in [0.25, 0.3) is 0 Å². The number of Topliss-reactive ketones (excluding diaryl/α,β-unsaturated/α-hetero) is 2. The molecule has 0 saturated heterocycles. The summed E-state index contributed by atoms with van der Waals surface area (Å²) in [4.78, 5) is 35.6. The van der Waals surface area contributed by atoms with Gasteiger partial charge in [-0.2, -0.15) is 0 Å². The van der Waals surface area contributed by atoms with Gasteiger partial charge in [0.2, 0.25) is 0 Å². The van der Waals surface area contributed by atoms with Crippen LogP contribution in [0, 0.1) is 0 Å². The maximum absolute atomic E-state index is 12.1. The van der Waals surface area contributed by atoms with Crippen LogP contribution in [0.3, 0.4) is 0 Å². The zero-order valence-corrected chi connectivity index (χ0v) is 15.9.